The number of aromatic carboxylic acids is 1. The third kappa shape index (κ3) is 1.75. The number of hydrogen-bond acceptors (Lipinski definition) is 3. The summed E-state index contributed by atoms with van der Waals surface area (Å²) in [6.07, 6.45) is 0. The third-order valence-electron chi connectivity index (χ3n) is 1.63. The van der Waals surface area contributed by atoms with Crippen LogP contribution in [0.15, 0.2) is 10.9 Å². The Morgan fingerprint density at radius 3 is 2.69 bits per heavy atom. The van der Waals surface area contributed by atoms with Crippen LogP contribution in [0.25, 0.3) is 0 Å². The fourth-order valence-electron chi connectivity index (χ4n) is 1.12. The van der Waals surface area contributed by atoms with Crippen LogP contribution in [0.3, 0.4) is 0 Å². The van der Waals surface area contributed by atoms with Gasteiger partial charge in [-0.05, 0) is 18.6 Å². The van der Waals surface area contributed by atoms with E-state index in [2.05, 4.69) is 4.98 Å². The van der Waals surface area contributed by atoms with Gasteiger partial charge in [-0.1, -0.05) is 0 Å². The van der Waals surface area contributed by atoms with Crippen molar-refractivity contribution >= 4 is 5.97 Å². The minimum Gasteiger partial charge on any atom is -0.477 e. The van der Waals surface area contributed by atoms with Crippen LogP contribution < -0.4 is 5.56 Å². The Balaban J connectivity index is 3.48. The topological polar surface area (TPSA) is 90.4 Å². The van der Waals surface area contributed by atoms with Gasteiger partial charge in [0.1, 0.15) is 5.56 Å². The molecule has 0 aliphatic carbocycles. The van der Waals surface area contributed by atoms with Crippen molar-refractivity contribution in [1.82, 2.24) is 4.98 Å². The van der Waals surface area contributed by atoms with Crippen LogP contribution in [0.1, 0.15) is 21.6 Å². The second-order valence-electron chi connectivity index (χ2n) is 2.64. The first-order valence-corrected chi connectivity index (χ1v) is 3.63. The molecule has 5 heteroatoms. The van der Waals surface area contributed by atoms with Crippen LogP contribution in [0.5, 0.6) is 0 Å². The molecule has 0 saturated heterocycles. The summed E-state index contributed by atoms with van der Waals surface area (Å²) < 4.78 is 0. The lowest BCUT2D eigenvalue weighted by Crippen LogP contribution is -2.21. The number of aliphatic hydroxyl groups excluding tert-OH is 1. The van der Waals surface area contributed by atoms with E-state index in [1.165, 1.54) is 6.07 Å². The fraction of sp³-hybridized carbons (Fsp3) is 0.250. The van der Waals surface area contributed by atoms with E-state index in [9.17, 15) is 9.59 Å². The van der Waals surface area contributed by atoms with Gasteiger partial charge in [-0.2, -0.15) is 0 Å². The Morgan fingerprint density at radius 1 is 1.62 bits per heavy atom. The molecule has 70 valence electrons. The summed E-state index contributed by atoms with van der Waals surface area (Å²) in [6.45, 7) is 1.17. The minimum absolute atomic E-state index is 0.133. The highest BCUT2D eigenvalue weighted by Crippen LogP contribution is 2.04. The van der Waals surface area contributed by atoms with Gasteiger partial charge < -0.3 is 15.2 Å². The fourth-order valence-corrected chi connectivity index (χ4v) is 1.12. The van der Waals surface area contributed by atoms with E-state index in [4.69, 9.17) is 10.2 Å². The van der Waals surface area contributed by atoms with Gasteiger partial charge in [0, 0.05) is 5.69 Å². The highest BCUT2D eigenvalue weighted by molar-refractivity contribution is 5.88. The van der Waals surface area contributed by atoms with Crippen molar-refractivity contribution in [2.75, 3.05) is 0 Å². The maximum atomic E-state index is 11.1. The molecule has 0 aliphatic rings. The molecule has 0 radical (unpaired) electrons. The van der Waals surface area contributed by atoms with E-state index in [0.717, 1.165) is 0 Å². The molecule has 13 heavy (non-hydrogen) atoms. The van der Waals surface area contributed by atoms with Gasteiger partial charge >= 0.3 is 5.97 Å². The second-order valence-corrected chi connectivity index (χ2v) is 2.64. The van der Waals surface area contributed by atoms with Crippen molar-refractivity contribution in [3.63, 3.8) is 0 Å². The standard InChI is InChI=1S/C8H9NO4/c1-4-2-5(3-10)6(8(12)13)7(11)9-4/h2,10H,3H2,1H3,(H,9,11)(H,12,13). The predicted molar refractivity (Wildman–Crippen MR) is 44.7 cm³/mol. The van der Waals surface area contributed by atoms with E-state index < -0.39 is 23.7 Å². The molecule has 0 atom stereocenters. The number of aliphatic hydroxyl groups is 1. The Kier molecular flexibility index (Phi) is 2.48. The molecule has 0 fully saturated rings. The van der Waals surface area contributed by atoms with E-state index in [1.807, 2.05) is 0 Å². The van der Waals surface area contributed by atoms with Gasteiger partial charge in [0.05, 0.1) is 6.61 Å². The Labute approximate surface area is 73.7 Å². The monoisotopic (exact) mass is 183 g/mol. The van der Waals surface area contributed by atoms with Crippen molar-refractivity contribution in [2.45, 2.75) is 13.5 Å². The van der Waals surface area contributed by atoms with E-state index >= 15 is 0 Å². The number of H-pyrrole nitrogens is 1. The van der Waals surface area contributed by atoms with Crippen LogP contribution in [0.2, 0.25) is 0 Å². The van der Waals surface area contributed by atoms with Crippen molar-refractivity contribution in [1.29, 1.82) is 0 Å². The molecule has 1 rings (SSSR count). The van der Waals surface area contributed by atoms with Crippen LogP contribution in [-0.2, 0) is 6.61 Å². The number of aromatic nitrogens is 1. The molecule has 3 N–H and O–H groups in total. The van der Waals surface area contributed by atoms with E-state index in [0.29, 0.717) is 5.69 Å². The smallest absolute Gasteiger partial charge is 0.341 e. The molecule has 0 saturated carbocycles. The molecule has 0 bridgehead atoms. The molecule has 0 aliphatic heterocycles. The summed E-state index contributed by atoms with van der Waals surface area (Å²) in [5.41, 5.74) is -0.419. The first-order chi connectivity index (χ1) is 6.06. The first kappa shape index (κ1) is 9.47. The molecule has 1 aromatic heterocycles. The van der Waals surface area contributed by atoms with Gasteiger partial charge in [-0.3, -0.25) is 4.79 Å². The molecular formula is C8H9NO4. The number of pyridine rings is 1. The average molecular weight is 183 g/mol. The summed E-state index contributed by atoms with van der Waals surface area (Å²) >= 11 is 0. The molecule has 0 spiro atoms. The van der Waals surface area contributed by atoms with Gasteiger partial charge in [0.2, 0.25) is 0 Å². The zero-order valence-electron chi connectivity index (χ0n) is 7.00. The normalized spacial score (nSPS) is 10.0. The predicted octanol–water partition coefficient (Wildman–Crippen LogP) is -0.126. The number of aryl methyl sites for hydroxylation is 1. The zero-order chi connectivity index (χ0) is 10.0. The lowest BCUT2D eigenvalue weighted by molar-refractivity contribution is 0.0691. The maximum absolute atomic E-state index is 11.1. The molecular weight excluding hydrogens is 174 g/mol. The number of rotatable bonds is 2. The Hall–Kier alpha value is -1.62. The van der Waals surface area contributed by atoms with E-state index in [-0.39, 0.29) is 5.56 Å². The lowest BCUT2D eigenvalue weighted by Gasteiger charge is -2.02. The minimum atomic E-state index is -1.33. The SMILES string of the molecule is Cc1cc(CO)c(C(=O)O)c(=O)[nH]1. The number of carboxylic acids is 1. The van der Waals surface area contributed by atoms with Crippen molar-refractivity contribution in [2.24, 2.45) is 0 Å². The number of hydrogen-bond donors (Lipinski definition) is 3. The first-order valence-electron chi connectivity index (χ1n) is 3.63. The van der Waals surface area contributed by atoms with Gasteiger partial charge in [0.15, 0.2) is 0 Å². The van der Waals surface area contributed by atoms with Crippen molar-refractivity contribution in [3.8, 4) is 0 Å². The van der Waals surface area contributed by atoms with Gasteiger partial charge in [0.25, 0.3) is 5.56 Å². The van der Waals surface area contributed by atoms with Crippen molar-refractivity contribution < 1.29 is 15.0 Å². The summed E-state index contributed by atoms with van der Waals surface area (Å²) in [5.74, 6) is -1.33. The van der Waals surface area contributed by atoms with E-state index in [1.54, 1.807) is 6.92 Å². The lowest BCUT2D eigenvalue weighted by atomic mass is 10.1. The molecule has 1 heterocycles. The van der Waals surface area contributed by atoms with Crippen LogP contribution in [-0.4, -0.2) is 21.2 Å². The summed E-state index contributed by atoms with van der Waals surface area (Å²) in [6, 6.07) is 1.44. The highest BCUT2D eigenvalue weighted by Gasteiger charge is 2.14. The Morgan fingerprint density at radius 2 is 2.23 bits per heavy atom. The van der Waals surface area contributed by atoms with Crippen LogP contribution in [0.4, 0.5) is 0 Å². The summed E-state index contributed by atoms with van der Waals surface area (Å²) in [7, 11) is 0. The molecule has 0 aromatic carbocycles. The van der Waals surface area contributed by atoms with Crippen molar-refractivity contribution in [3.05, 3.63) is 33.2 Å². The Bertz CT molecular complexity index is 394. The molecule has 0 unspecified atom stereocenters. The quantitative estimate of drug-likeness (QED) is 0.595. The summed E-state index contributed by atoms with van der Waals surface area (Å²) in [4.78, 5) is 24.0. The summed E-state index contributed by atoms with van der Waals surface area (Å²) in [5, 5.41) is 17.4. The maximum Gasteiger partial charge on any atom is 0.341 e. The molecule has 0 amide bonds. The molecule has 5 nitrogen and oxygen atoms in total. The number of carbonyl (C=O) groups is 1. The van der Waals surface area contributed by atoms with Crippen LogP contribution >= 0.6 is 0 Å². The second kappa shape index (κ2) is 3.40. The van der Waals surface area contributed by atoms with Gasteiger partial charge in [-0.15, -0.1) is 0 Å². The number of aromatic amines is 1. The average Bonchev–Trinajstić information content (AvgIpc) is 2.01. The number of nitrogens with one attached hydrogen (secondary N) is 1. The molecule has 1 aromatic rings. The third-order valence-corrected chi connectivity index (χ3v) is 1.63. The number of carboxylic acid groups (broad SMARTS) is 1. The highest BCUT2D eigenvalue weighted by atomic mass is 16.4. The largest absolute Gasteiger partial charge is 0.477 e. The zero-order valence-corrected chi connectivity index (χ0v) is 7.00. The van der Waals surface area contributed by atoms with Crippen LogP contribution in [0, 0.1) is 6.92 Å². The van der Waals surface area contributed by atoms with Gasteiger partial charge in [-0.25, -0.2) is 4.79 Å².